The molecule has 0 spiro atoms. The van der Waals surface area contributed by atoms with Crippen LogP contribution < -0.4 is 5.73 Å². The fourth-order valence-corrected chi connectivity index (χ4v) is 2.96. The first kappa shape index (κ1) is 19.8. The van der Waals surface area contributed by atoms with Crippen LogP contribution >= 0.6 is 12.4 Å². The molecule has 1 atom stereocenters. The topological polar surface area (TPSA) is 73.4 Å². The zero-order valence-electron chi connectivity index (χ0n) is 13.4. The molecule has 23 heavy (non-hydrogen) atoms. The van der Waals surface area contributed by atoms with Gasteiger partial charge in [0.1, 0.15) is 11.6 Å². The molecule has 2 aliphatic heterocycles. The fraction of sp³-hybridized carbons (Fsp3) is 0.733. The Kier molecular flexibility index (Phi) is 6.13. The molecule has 1 unspecified atom stereocenters. The third-order valence-corrected chi connectivity index (χ3v) is 4.35. The normalized spacial score (nSPS) is 25.1. The lowest BCUT2D eigenvalue weighted by atomic mass is 9.99. The Morgan fingerprint density at radius 3 is 2.52 bits per heavy atom. The summed E-state index contributed by atoms with van der Waals surface area (Å²) in [5.74, 6) is -3.07. The first-order chi connectivity index (χ1) is 10.1. The molecular formula is C15H23ClF2N4O. The van der Waals surface area contributed by atoms with Crippen LogP contribution in [0.25, 0.3) is 0 Å². The van der Waals surface area contributed by atoms with Gasteiger partial charge in [0.2, 0.25) is 0 Å². The lowest BCUT2D eigenvalue weighted by Crippen LogP contribution is -2.43. The predicted molar refractivity (Wildman–Crippen MR) is 85.3 cm³/mol. The molecule has 2 fully saturated rings. The summed E-state index contributed by atoms with van der Waals surface area (Å²) >= 11 is 0. The molecule has 130 valence electrons. The smallest absolute Gasteiger partial charge is 0.264 e. The van der Waals surface area contributed by atoms with E-state index in [2.05, 4.69) is 0 Å². The highest BCUT2D eigenvalue weighted by Gasteiger charge is 2.43. The van der Waals surface area contributed by atoms with Crippen molar-refractivity contribution in [1.29, 1.82) is 5.26 Å². The van der Waals surface area contributed by atoms with E-state index in [1.807, 2.05) is 6.07 Å². The number of nitrogens with two attached hydrogens (primary N) is 1. The van der Waals surface area contributed by atoms with Crippen LogP contribution in [0.5, 0.6) is 0 Å². The molecule has 2 rings (SSSR count). The maximum atomic E-state index is 13.4. The molecule has 0 aromatic rings. The number of halogens is 3. The summed E-state index contributed by atoms with van der Waals surface area (Å²) in [6.07, 6.45) is 2.02. The van der Waals surface area contributed by atoms with E-state index in [0.29, 0.717) is 19.5 Å². The first-order valence-corrected chi connectivity index (χ1v) is 7.45. The number of carbonyl (C=O) groups excluding carboxylic acids is 1. The van der Waals surface area contributed by atoms with Gasteiger partial charge >= 0.3 is 0 Å². The molecule has 0 aliphatic carbocycles. The van der Waals surface area contributed by atoms with Crippen molar-refractivity contribution in [3.8, 4) is 6.07 Å². The average Bonchev–Trinajstić information content (AvgIpc) is 3.01. The van der Waals surface area contributed by atoms with Crippen LogP contribution in [-0.2, 0) is 4.79 Å². The Balaban J connectivity index is 0.00000264. The van der Waals surface area contributed by atoms with Crippen LogP contribution in [-0.4, -0.2) is 59.4 Å². The van der Waals surface area contributed by atoms with Gasteiger partial charge in [0, 0.05) is 37.6 Å². The minimum Gasteiger partial charge on any atom is -0.336 e. The minimum atomic E-state index is -2.70. The molecule has 0 saturated carbocycles. The van der Waals surface area contributed by atoms with Gasteiger partial charge in [-0.05, 0) is 26.3 Å². The number of alkyl halides is 2. The van der Waals surface area contributed by atoms with E-state index < -0.39 is 11.5 Å². The van der Waals surface area contributed by atoms with E-state index >= 15 is 0 Å². The van der Waals surface area contributed by atoms with Crippen molar-refractivity contribution in [2.24, 2.45) is 5.73 Å². The third-order valence-electron chi connectivity index (χ3n) is 4.35. The summed E-state index contributed by atoms with van der Waals surface area (Å²) in [5.41, 5.74) is 4.99. The zero-order chi connectivity index (χ0) is 16.5. The molecule has 2 aliphatic rings. The van der Waals surface area contributed by atoms with Crippen LogP contribution in [0, 0.1) is 11.3 Å². The molecule has 1 amide bonds. The predicted octanol–water partition coefficient (Wildman–Crippen LogP) is 1.54. The van der Waals surface area contributed by atoms with Crippen molar-refractivity contribution < 1.29 is 13.6 Å². The maximum absolute atomic E-state index is 13.4. The van der Waals surface area contributed by atoms with Crippen LogP contribution in [0.2, 0.25) is 0 Å². The summed E-state index contributed by atoms with van der Waals surface area (Å²) in [5, 5.41) is 9.27. The Morgan fingerprint density at radius 1 is 1.43 bits per heavy atom. The highest BCUT2D eigenvalue weighted by atomic mass is 35.5. The number of amides is 1. The number of hydrogen-bond donors (Lipinski definition) is 1. The Labute approximate surface area is 141 Å². The summed E-state index contributed by atoms with van der Waals surface area (Å²) in [6.45, 7) is 4.35. The Bertz CT molecular complexity index is 530. The Hall–Kier alpha value is -1.23. The molecule has 0 aromatic heterocycles. The second-order valence-electron chi connectivity index (χ2n) is 6.65. The van der Waals surface area contributed by atoms with Gasteiger partial charge in [-0.1, -0.05) is 0 Å². The van der Waals surface area contributed by atoms with Gasteiger partial charge < -0.3 is 10.6 Å². The highest BCUT2D eigenvalue weighted by Crippen LogP contribution is 2.33. The number of likely N-dealkylation sites (tertiary alicyclic amines) is 2. The molecule has 2 heterocycles. The second kappa shape index (κ2) is 7.12. The number of nitrogens with zero attached hydrogens (tertiary/aromatic N) is 3. The third kappa shape index (κ3) is 4.63. The maximum Gasteiger partial charge on any atom is 0.264 e. The Morgan fingerprint density at radius 2 is 2.09 bits per heavy atom. The molecule has 0 radical (unpaired) electrons. The molecule has 8 heteroatoms. The molecular weight excluding hydrogens is 326 g/mol. The van der Waals surface area contributed by atoms with Crippen LogP contribution in [0.15, 0.2) is 11.6 Å². The molecule has 0 aromatic carbocycles. The fourth-order valence-electron chi connectivity index (χ4n) is 2.96. The minimum absolute atomic E-state index is 0. The lowest BCUT2D eigenvalue weighted by Gasteiger charge is -2.33. The quantitative estimate of drug-likeness (QED) is 0.620. The largest absolute Gasteiger partial charge is 0.336 e. The van der Waals surface area contributed by atoms with Crippen molar-refractivity contribution >= 4 is 18.3 Å². The standard InChI is InChI=1S/C15H22F2N4O.ClH/c1-14(2,21-6-4-15(16,17)10-21)7-11(8-18)13(22)20-5-3-12(19)9-20;/h7,12H,3-6,9-10,19H2,1-2H3;1H. The van der Waals surface area contributed by atoms with Gasteiger partial charge in [0.05, 0.1) is 6.54 Å². The lowest BCUT2D eigenvalue weighted by molar-refractivity contribution is -0.125. The first-order valence-electron chi connectivity index (χ1n) is 7.45. The van der Waals surface area contributed by atoms with Gasteiger partial charge in [0.25, 0.3) is 11.8 Å². The number of hydrogen-bond acceptors (Lipinski definition) is 4. The van der Waals surface area contributed by atoms with E-state index in [4.69, 9.17) is 5.73 Å². The van der Waals surface area contributed by atoms with Gasteiger partial charge in [-0.3, -0.25) is 9.69 Å². The average molecular weight is 349 g/mol. The van der Waals surface area contributed by atoms with Crippen LogP contribution in [0.1, 0.15) is 26.7 Å². The van der Waals surface area contributed by atoms with E-state index in [1.54, 1.807) is 23.6 Å². The van der Waals surface area contributed by atoms with E-state index in [9.17, 15) is 18.8 Å². The number of rotatable bonds is 3. The van der Waals surface area contributed by atoms with E-state index in [-0.39, 0.29) is 49.4 Å². The summed E-state index contributed by atoms with van der Waals surface area (Å²) in [7, 11) is 0. The highest BCUT2D eigenvalue weighted by molar-refractivity contribution is 5.97. The monoisotopic (exact) mass is 348 g/mol. The van der Waals surface area contributed by atoms with Crippen LogP contribution in [0.3, 0.4) is 0 Å². The van der Waals surface area contributed by atoms with E-state index in [0.717, 1.165) is 0 Å². The van der Waals surface area contributed by atoms with E-state index in [1.165, 1.54) is 6.08 Å². The SMILES string of the molecule is CC(C)(C=C(C#N)C(=O)N1CCC(N)C1)N1CCC(F)(F)C1.Cl. The molecule has 0 bridgehead atoms. The summed E-state index contributed by atoms with van der Waals surface area (Å²) < 4.78 is 26.8. The van der Waals surface area contributed by atoms with Gasteiger partial charge in [-0.25, -0.2) is 8.78 Å². The molecule has 5 nitrogen and oxygen atoms in total. The number of carbonyl (C=O) groups is 1. The molecule has 2 N–H and O–H groups in total. The van der Waals surface area contributed by atoms with Crippen molar-refractivity contribution in [3.63, 3.8) is 0 Å². The zero-order valence-corrected chi connectivity index (χ0v) is 14.2. The second-order valence-corrected chi connectivity index (χ2v) is 6.65. The number of nitriles is 1. The van der Waals surface area contributed by atoms with Gasteiger partial charge in [0.15, 0.2) is 0 Å². The van der Waals surface area contributed by atoms with Crippen molar-refractivity contribution in [1.82, 2.24) is 9.80 Å². The van der Waals surface area contributed by atoms with Crippen LogP contribution in [0.4, 0.5) is 8.78 Å². The summed E-state index contributed by atoms with van der Waals surface area (Å²) in [4.78, 5) is 15.5. The summed E-state index contributed by atoms with van der Waals surface area (Å²) in [6, 6.07) is 1.85. The van der Waals surface area contributed by atoms with Gasteiger partial charge in [-0.15, -0.1) is 12.4 Å². The van der Waals surface area contributed by atoms with Crippen molar-refractivity contribution in [3.05, 3.63) is 11.6 Å². The molecule has 2 saturated heterocycles. The van der Waals surface area contributed by atoms with Gasteiger partial charge in [-0.2, -0.15) is 5.26 Å². The van der Waals surface area contributed by atoms with Crippen molar-refractivity contribution in [2.45, 2.75) is 44.2 Å². The van der Waals surface area contributed by atoms with Crippen molar-refractivity contribution in [2.75, 3.05) is 26.2 Å².